The molecule has 0 fully saturated rings. The first-order chi connectivity index (χ1) is 7.00. The van der Waals surface area contributed by atoms with E-state index in [1.807, 2.05) is 5.32 Å². The summed E-state index contributed by atoms with van der Waals surface area (Å²) in [7, 11) is 0. The van der Waals surface area contributed by atoms with E-state index in [2.05, 4.69) is 10.1 Å². The number of dihydropyridines is 1. The Kier molecular flexibility index (Phi) is 3.65. The Morgan fingerprint density at radius 2 is 1.93 bits per heavy atom. The maximum absolute atomic E-state index is 13.0. The molecule has 0 saturated carbocycles. The predicted molar refractivity (Wildman–Crippen MR) is 49.5 cm³/mol. The van der Waals surface area contributed by atoms with Crippen LogP contribution in [-0.2, 0) is 4.74 Å². The fourth-order valence-electron chi connectivity index (χ4n) is 0.911. The normalized spacial score (nSPS) is 16.6. The van der Waals surface area contributed by atoms with Crippen molar-refractivity contribution in [3.05, 3.63) is 30.1 Å². The van der Waals surface area contributed by atoms with Gasteiger partial charge in [0, 0.05) is 12.4 Å². The molecule has 6 heteroatoms. The maximum atomic E-state index is 13.0. The fraction of sp³-hybridized carbons (Fsp3) is 0.333. The Morgan fingerprint density at radius 3 is 2.40 bits per heavy atom. The summed E-state index contributed by atoms with van der Waals surface area (Å²) in [5.41, 5.74) is 0. The van der Waals surface area contributed by atoms with Gasteiger partial charge >= 0.3 is 6.09 Å². The molecule has 2 N–H and O–H groups in total. The molecule has 1 heterocycles. The van der Waals surface area contributed by atoms with Crippen LogP contribution in [0.2, 0.25) is 0 Å². The molecule has 83 valence electrons. The molecule has 1 aliphatic rings. The zero-order valence-electron chi connectivity index (χ0n) is 8.30. The van der Waals surface area contributed by atoms with E-state index in [4.69, 9.17) is 0 Å². The third-order valence-electron chi connectivity index (χ3n) is 1.47. The lowest BCUT2D eigenvalue weighted by molar-refractivity contribution is 0.116. The highest BCUT2D eigenvalue weighted by Crippen LogP contribution is 2.24. The van der Waals surface area contributed by atoms with Crippen molar-refractivity contribution < 1.29 is 18.3 Å². The fourth-order valence-corrected chi connectivity index (χ4v) is 0.911. The molecule has 1 radical (unpaired) electrons. The van der Waals surface area contributed by atoms with Gasteiger partial charge in [0.05, 0.1) is 6.10 Å². The SMILES string of the molecule is CC(C)OC(=O)N[C]1C(F)=CNC=C1F. The summed E-state index contributed by atoms with van der Waals surface area (Å²) >= 11 is 0. The molecule has 1 amide bonds. The number of carbonyl (C=O) groups is 1. The molecule has 0 saturated heterocycles. The molecule has 4 nitrogen and oxygen atoms in total. The minimum atomic E-state index is -0.894. The van der Waals surface area contributed by atoms with Crippen molar-refractivity contribution in [1.82, 2.24) is 10.6 Å². The van der Waals surface area contributed by atoms with E-state index in [0.717, 1.165) is 12.4 Å². The Hall–Kier alpha value is -1.59. The van der Waals surface area contributed by atoms with Crippen LogP contribution < -0.4 is 10.6 Å². The number of halogens is 2. The summed E-state index contributed by atoms with van der Waals surface area (Å²) in [5.74, 6) is -1.79. The monoisotopic (exact) mass is 217 g/mol. The molecule has 0 atom stereocenters. The summed E-state index contributed by atoms with van der Waals surface area (Å²) in [6.07, 6.45) is 0.600. The second-order valence-corrected chi connectivity index (χ2v) is 3.11. The van der Waals surface area contributed by atoms with Crippen molar-refractivity contribution in [2.24, 2.45) is 0 Å². The van der Waals surface area contributed by atoms with Crippen LogP contribution in [0.4, 0.5) is 13.6 Å². The van der Waals surface area contributed by atoms with Crippen molar-refractivity contribution in [1.29, 1.82) is 0 Å². The van der Waals surface area contributed by atoms with Gasteiger partial charge in [0.15, 0.2) is 17.7 Å². The largest absolute Gasteiger partial charge is 0.447 e. The predicted octanol–water partition coefficient (Wildman–Crippen LogP) is 1.88. The third kappa shape index (κ3) is 3.23. The molecule has 0 aromatic rings. The van der Waals surface area contributed by atoms with E-state index >= 15 is 0 Å². The molecule has 15 heavy (non-hydrogen) atoms. The molecular formula is C9H11F2N2O2. The van der Waals surface area contributed by atoms with Gasteiger partial charge in [-0.2, -0.15) is 0 Å². The van der Waals surface area contributed by atoms with Crippen LogP contribution in [0.5, 0.6) is 0 Å². The van der Waals surface area contributed by atoms with Crippen LogP contribution in [0.1, 0.15) is 13.8 Å². The van der Waals surface area contributed by atoms with Gasteiger partial charge in [-0.3, -0.25) is 0 Å². The van der Waals surface area contributed by atoms with Crippen LogP contribution >= 0.6 is 0 Å². The molecular weight excluding hydrogens is 206 g/mol. The van der Waals surface area contributed by atoms with Gasteiger partial charge in [0.2, 0.25) is 0 Å². The molecule has 0 unspecified atom stereocenters. The van der Waals surface area contributed by atoms with E-state index in [1.165, 1.54) is 0 Å². The van der Waals surface area contributed by atoms with Gasteiger partial charge in [-0.15, -0.1) is 0 Å². The molecule has 0 aromatic heterocycles. The van der Waals surface area contributed by atoms with E-state index in [9.17, 15) is 13.6 Å². The van der Waals surface area contributed by atoms with Crippen LogP contribution in [0.25, 0.3) is 0 Å². The first kappa shape index (κ1) is 11.5. The average Bonchev–Trinajstić information content (AvgIpc) is 2.10. The Labute approximate surface area is 86.0 Å². The minimum Gasteiger partial charge on any atom is -0.447 e. The van der Waals surface area contributed by atoms with Gasteiger partial charge in [-0.05, 0) is 13.8 Å². The highest BCUT2D eigenvalue weighted by molar-refractivity contribution is 5.71. The number of alkyl carbamates (subject to hydrolysis) is 1. The maximum Gasteiger partial charge on any atom is 0.408 e. The number of amides is 1. The average molecular weight is 217 g/mol. The van der Waals surface area contributed by atoms with Crippen LogP contribution in [-0.4, -0.2) is 12.2 Å². The number of nitrogens with one attached hydrogen (secondary N) is 2. The Bertz CT molecular complexity index is 295. The molecule has 0 spiro atoms. The van der Waals surface area contributed by atoms with E-state index < -0.39 is 23.8 Å². The second-order valence-electron chi connectivity index (χ2n) is 3.11. The van der Waals surface area contributed by atoms with Crippen LogP contribution in [0.3, 0.4) is 0 Å². The number of hydrogen-bond acceptors (Lipinski definition) is 3. The van der Waals surface area contributed by atoms with Crippen LogP contribution in [0.15, 0.2) is 24.1 Å². The van der Waals surface area contributed by atoms with E-state index in [-0.39, 0.29) is 6.10 Å². The van der Waals surface area contributed by atoms with Crippen molar-refractivity contribution in [3.8, 4) is 0 Å². The number of rotatable bonds is 2. The second kappa shape index (κ2) is 4.77. The van der Waals surface area contributed by atoms with Crippen molar-refractivity contribution in [3.63, 3.8) is 0 Å². The van der Waals surface area contributed by atoms with Gasteiger partial charge < -0.3 is 15.4 Å². The summed E-state index contributed by atoms with van der Waals surface area (Å²) in [6.45, 7) is 3.26. The van der Waals surface area contributed by atoms with Gasteiger partial charge in [-0.1, -0.05) is 0 Å². The quantitative estimate of drug-likeness (QED) is 0.742. The summed E-state index contributed by atoms with van der Waals surface area (Å²) in [5, 5.41) is 4.22. The summed E-state index contributed by atoms with van der Waals surface area (Å²) in [4.78, 5) is 11.1. The first-order valence-electron chi connectivity index (χ1n) is 4.33. The van der Waals surface area contributed by atoms with Crippen molar-refractivity contribution in [2.75, 3.05) is 0 Å². The summed E-state index contributed by atoms with van der Waals surface area (Å²) < 4.78 is 30.7. The number of hydrogen-bond donors (Lipinski definition) is 2. The van der Waals surface area contributed by atoms with Crippen molar-refractivity contribution >= 4 is 6.09 Å². The standard InChI is InChI=1S/C9H11F2N2O2/c1-5(2)15-9(14)13-8-6(10)3-12-4-7(8)11/h3-5,12H,1-2H3,(H,13,14). The third-order valence-corrected chi connectivity index (χ3v) is 1.47. The number of carbonyl (C=O) groups excluding carboxylic acids is 1. The van der Waals surface area contributed by atoms with E-state index in [0.29, 0.717) is 0 Å². The summed E-state index contributed by atoms with van der Waals surface area (Å²) in [6, 6.07) is -0.528. The van der Waals surface area contributed by atoms with Gasteiger partial charge in [0.25, 0.3) is 0 Å². The number of ether oxygens (including phenoxy) is 1. The Balaban J connectivity index is 2.56. The van der Waals surface area contributed by atoms with E-state index in [1.54, 1.807) is 13.8 Å². The molecule has 0 aromatic carbocycles. The zero-order valence-corrected chi connectivity index (χ0v) is 8.30. The first-order valence-corrected chi connectivity index (χ1v) is 4.33. The molecule has 0 aliphatic carbocycles. The minimum absolute atomic E-state index is 0.355. The van der Waals surface area contributed by atoms with Crippen LogP contribution in [0, 0.1) is 6.04 Å². The lowest BCUT2D eigenvalue weighted by Crippen LogP contribution is -2.33. The van der Waals surface area contributed by atoms with Gasteiger partial charge in [-0.25, -0.2) is 13.6 Å². The lowest BCUT2D eigenvalue weighted by Gasteiger charge is -2.17. The molecule has 1 rings (SSSR count). The molecule has 1 aliphatic heterocycles. The Morgan fingerprint density at radius 1 is 1.40 bits per heavy atom. The highest BCUT2D eigenvalue weighted by atomic mass is 19.1. The van der Waals surface area contributed by atoms with Crippen molar-refractivity contribution in [2.45, 2.75) is 20.0 Å². The molecule has 0 bridgehead atoms. The smallest absolute Gasteiger partial charge is 0.408 e. The van der Waals surface area contributed by atoms with Gasteiger partial charge in [0.1, 0.15) is 0 Å². The zero-order chi connectivity index (χ0) is 11.4. The topological polar surface area (TPSA) is 50.4 Å². The lowest BCUT2D eigenvalue weighted by atomic mass is 10.2. The highest BCUT2D eigenvalue weighted by Gasteiger charge is 2.27.